The number of aromatic nitrogens is 6. The first-order chi connectivity index (χ1) is 15.1. The van der Waals surface area contributed by atoms with Crippen LogP contribution < -0.4 is 5.32 Å². The van der Waals surface area contributed by atoms with Crippen LogP contribution in [-0.4, -0.2) is 64.7 Å². The SMILES string of the molecule is CCC(O)N1CC[C@H](Nc2ncnc3c2nc(-c2cnn(CC)c2C)n3CC2CC2)C1. The van der Waals surface area contributed by atoms with Gasteiger partial charge in [0.15, 0.2) is 17.0 Å². The summed E-state index contributed by atoms with van der Waals surface area (Å²) in [5.74, 6) is 2.40. The number of fused-ring (bicyclic) bond motifs is 1. The molecule has 0 spiro atoms. The monoisotopic (exact) mass is 424 g/mol. The highest BCUT2D eigenvalue weighted by molar-refractivity contribution is 5.86. The summed E-state index contributed by atoms with van der Waals surface area (Å²) in [5, 5.41) is 18.3. The maximum absolute atomic E-state index is 10.2. The van der Waals surface area contributed by atoms with Crippen LogP contribution in [0.4, 0.5) is 5.82 Å². The number of rotatable bonds is 8. The molecule has 1 unspecified atom stereocenters. The summed E-state index contributed by atoms with van der Waals surface area (Å²) < 4.78 is 4.26. The molecule has 3 aromatic heterocycles. The normalized spacial score (nSPS) is 20.6. The van der Waals surface area contributed by atoms with Gasteiger partial charge in [-0.15, -0.1) is 0 Å². The van der Waals surface area contributed by atoms with Crippen molar-refractivity contribution >= 4 is 17.0 Å². The molecule has 2 aliphatic rings. The van der Waals surface area contributed by atoms with E-state index in [1.807, 2.05) is 17.8 Å². The Morgan fingerprint density at radius 2 is 2.06 bits per heavy atom. The Morgan fingerprint density at radius 1 is 1.23 bits per heavy atom. The Kier molecular flexibility index (Phi) is 5.39. The average Bonchev–Trinajstić information content (AvgIpc) is 3.17. The molecule has 2 atom stereocenters. The third kappa shape index (κ3) is 3.80. The first-order valence-electron chi connectivity index (χ1n) is 11.5. The molecule has 1 saturated carbocycles. The molecule has 31 heavy (non-hydrogen) atoms. The molecule has 4 heterocycles. The maximum Gasteiger partial charge on any atom is 0.165 e. The van der Waals surface area contributed by atoms with Crippen molar-refractivity contribution in [1.29, 1.82) is 0 Å². The number of aliphatic hydroxyl groups is 1. The van der Waals surface area contributed by atoms with Crippen LogP contribution in [0.2, 0.25) is 0 Å². The van der Waals surface area contributed by atoms with Gasteiger partial charge in [0.1, 0.15) is 18.4 Å². The fourth-order valence-electron chi connectivity index (χ4n) is 4.59. The van der Waals surface area contributed by atoms with Gasteiger partial charge in [0, 0.05) is 37.9 Å². The van der Waals surface area contributed by atoms with Gasteiger partial charge in [0.05, 0.1) is 11.8 Å². The first-order valence-corrected chi connectivity index (χ1v) is 11.5. The van der Waals surface area contributed by atoms with Gasteiger partial charge in [-0.05, 0) is 45.4 Å². The average molecular weight is 425 g/mol. The van der Waals surface area contributed by atoms with Crippen LogP contribution >= 0.6 is 0 Å². The summed E-state index contributed by atoms with van der Waals surface area (Å²) >= 11 is 0. The Bertz CT molecular complexity index is 1070. The highest BCUT2D eigenvalue weighted by atomic mass is 16.3. The van der Waals surface area contributed by atoms with Gasteiger partial charge in [0.25, 0.3) is 0 Å². The van der Waals surface area contributed by atoms with E-state index in [9.17, 15) is 5.11 Å². The second kappa shape index (κ2) is 8.20. The Balaban J connectivity index is 1.51. The smallest absolute Gasteiger partial charge is 0.165 e. The van der Waals surface area contributed by atoms with Gasteiger partial charge in [-0.3, -0.25) is 9.58 Å². The predicted octanol–water partition coefficient (Wildman–Crippen LogP) is 2.64. The zero-order chi connectivity index (χ0) is 21.5. The minimum Gasteiger partial charge on any atom is -0.378 e. The van der Waals surface area contributed by atoms with Crippen molar-refractivity contribution < 1.29 is 5.11 Å². The number of nitrogens with zero attached hydrogens (tertiary/aromatic N) is 7. The third-order valence-electron chi connectivity index (χ3n) is 6.66. The lowest BCUT2D eigenvalue weighted by Crippen LogP contribution is -2.34. The number of anilines is 1. The number of nitrogens with one attached hydrogen (secondary N) is 1. The topological polar surface area (TPSA) is 96.9 Å². The predicted molar refractivity (Wildman–Crippen MR) is 120 cm³/mol. The van der Waals surface area contributed by atoms with E-state index in [-0.39, 0.29) is 12.3 Å². The Morgan fingerprint density at radius 3 is 2.77 bits per heavy atom. The van der Waals surface area contributed by atoms with E-state index in [2.05, 4.69) is 43.7 Å². The van der Waals surface area contributed by atoms with Crippen molar-refractivity contribution in [2.45, 2.75) is 71.8 Å². The van der Waals surface area contributed by atoms with Crippen molar-refractivity contribution in [2.75, 3.05) is 18.4 Å². The molecule has 0 aromatic carbocycles. The highest BCUT2D eigenvalue weighted by Gasteiger charge is 2.29. The number of hydrogen-bond acceptors (Lipinski definition) is 7. The van der Waals surface area contributed by atoms with Crippen LogP contribution in [0.1, 0.15) is 45.2 Å². The zero-order valence-corrected chi connectivity index (χ0v) is 18.6. The highest BCUT2D eigenvalue weighted by Crippen LogP contribution is 2.36. The summed E-state index contributed by atoms with van der Waals surface area (Å²) in [6.07, 6.45) is 7.42. The number of hydrogen-bond donors (Lipinski definition) is 2. The Labute approximate surface area is 182 Å². The Hall–Kier alpha value is -2.52. The molecule has 2 fully saturated rings. The molecule has 3 aromatic rings. The molecular weight excluding hydrogens is 392 g/mol. The number of imidazole rings is 1. The van der Waals surface area contributed by atoms with Crippen LogP contribution in [0.25, 0.3) is 22.6 Å². The molecule has 1 aliphatic carbocycles. The summed E-state index contributed by atoms with van der Waals surface area (Å²) in [4.78, 5) is 16.3. The van der Waals surface area contributed by atoms with Crippen LogP contribution in [0, 0.1) is 12.8 Å². The fraction of sp³-hybridized carbons (Fsp3) is 0.636. The molecule has 166 valence electrons. The molecule has 1 saturated heterocycles. The van der Waals surface area contributed by atoms with E-state index in [1.54, 1.807) is 6.33 Å². The van der Waals surface area contributed by atoms with Crippen molar-refractivity contribution in [2.24, 2.45) is 5.92 Å². The molecule has 1 aliphatic heterocycles. The first kappa shape index (κ1) is 20.4. The van der Waals surface area contributed by atoms with Gasteiger partial charge >= 0.3 is 0 Å². The van der Waals surface area contributed by atoms with Crippen molar-refractivity contribution in [3.63, 3.8) is 0 Å². The summed E-state index contributed by atoms with van der Waals surface area (Å²) in [6, 6.07) is 0.237. The third-order valence-corrected chi connectivity index (χ3v) is 6.66. The van der Waals surface area contributed by atoms with Gasteiger partial charge in [-0.25, -0.2) is 15.0 Å². The molecule has 9 heteroatoms. The van der Waals surface area contributed by atoms with E-state index >= 15 is 0 Å². The van der Waals surface area contributed by atoms with Crippen LogP contribution in [-0.2, 0) is 13.1 Å². The lowest BCUT2D eigenvalue weighted by atomic mass is 10.2. The number of aliphatic hydroxyl groups excluding tert-OH is 1. The van der Waals surface area contributed by atoms with Crippen LogP contribution in [0.5, 0.6) is 0 Å². The van der Waals surface area contributed by atoms with E-state index in [0.29, 0.717) is 5.92 Å². The molecule has 5 rings (SSSR count). The minimum absolute atomic E-state index is 0.237. The summed E-state index contributed by atoms with van der Waals surface area (Å²) in [6.45, 7) is 9.67. The molecule has 9 nitrogen and oxygen atoms in total. The van der Waals surface area contributed by atoms with Gasteiger partial charge in [0.2, 0.25) is 0 Å². The lowest BCUT2D eigenvalue weighted by molar-refractivity contribution is 0.0175. The maximum atomic E-state index is 10.2. The quantitative estimate of drug-likeness (QED) is 0.574. The number of aryl methyl sites for hydroxylation is 1. The summed E-state index contributed by atoms with van der Waals surface area (Å²) in [7, 11) is 0. The summed E-state index contributed by atoms with van der Waals surface area (Å²) in [5.41, 5.74) is 3.88. The van der Waals surface area contributed by atoms with Crippen LogP contribution in [0.3, 0.4) is 0 Å². The van der Waals surface area contributed by atoms with E-state index in [1.165, 1.54) is 12.8 Å². The van der Waals surface area contributed by atoms with Gasteiger partial charge in [-0.1, -0.05) is 6.92 Å². The number of likely N-dealkylation sites (tertiary alicyclic amines) is 1. The standard InChI is InChI=1S/C22H32N8O/c1-4-18(31)28-9-8-16(12-28)26-20-19-22(24-13-23-20)29(11-15-6-7-15)21(27-19)17-10-25-30(5-2)14(17)3/h10,13,15-16,18,31H,4-9,11-12H2,1-3H3,(H,23,24,26)/t16-,18?/m0/s1. The molecule has 0 radical (unpaired) electrons. The molecule has 2 N–H and O–H groups in total. The second-order valence-corrected chi connectivity index (χ2v) is 8.86. The van der Waals surface area contributed by atoms with Crippen molar-refractivity contribution in [3.05, 3.63) is 18.2 Å². The molecule has 0 bridgehead atoms. The minimum atomic E-state index is -0.375. The van der Waals surface area contributed by atoms with Crippen molar-refractivity contribution in [1.82, 2.24) is 34.2 Å². The van der Waals surface area contributed by atoms with Crippen molar-refractivity contribution in [3.8, 4) is 11.4 Å². The lowest BCUT2D eigenvalue weighted by Gasteiger charge is -2.21. The van der Waals surface area contributed by atoms with E-state index in [4.69, 9.17) is 4.98 Å². The van der Waals surface area contributed by atoms with E-state index < -0.39 is 0 Å². The van der Waals surface area contributed by atoms with E-state index in [0.717, 1.165) is 73.1 Å². The van der Waals surface area contributed by atoms with Gasteiger partial charge < -0.3 is 15.0 Å². The molecular formula is C22H32N8O. The van der Waals surface area contributed by atoms with Gasteiger partial charge in [-0.2, -0.15) is 5.10 Å². The fourth-order valence-corrected chi connectivity index (χ4v) is 4.59. The molecule has 0 amide bonds. The largest absolute Gasteiger partial charge is 0.378 e. The van der Waals surface area contributed by atoms with Crippen LogP contribution in [0.15, 0.2) is 12.5 Å². The zero-order valence-electron chi connectivity index (χ0n) is 18.6. The second-order valence-electron chi connectivity index (χ2n) is 8.86.